The van der Waals surface area contributed by atoms with Gasteiger partial charge in [-0.3, -0.25) is 4.79 Å². The van der Waals surface area contributed by atoms with E-state index in [0.717, 1.165) is 6.29 Å². The van der Waals surface area contributed by atoms with Gasteiger partial charge in [0.05, 0.1) is 0 Å². The molecule has 0 spiro atoms. The molecule has 0 aliphatic heterocycles. The Morgan fingerprint density at radius 1 is 1.31 bits per heavy atom. The van der Waals surface area contributed by atoms with Crippen molar-refractivity contribution in [3.05, 3.63) is 0 Å². The first kappa shape index (κ1) is 14.8. The molecule has 4 nitrogen and oxygen atoms in total. The zero-order valence-electron chi connectivity index (χ0n) is 10.4. The number of carbonyl (C=O) groups is 3. The van der Waals surface area contributed by atoms with Gasteiger partial charge in [0.1, 0.15) is 17.7 Å². The van der Waals surface area contributed by atoms with Crippen LogP contribution in [0, 0.1) is 5.92 Å². The molecule has 92 valence electrons. The monoisotopic (exact) mass is 228 g/mol. The number of rotatable bonds is 7. The maximum absolute atomic E-state index is 10.9. The van der Waals surface area contributed by atoms with E-state index in [9.17, 15) is 14.4 Å². The average molecular weight is 228 g/mol. The van der Waals surface area contributed by atoms with Crippen molar-refractivity contribution in [1.29, 1.82) is 0 Å². The third-order valence-electron chi connectivity index (χ3n) is 2.62. The van der Waals surface area contributed by atoms with Crippen molar-refractivity contribution in [2.45, 2.75) is 52.6 Å². The summed E-state index contributed by atoms with van der Waals surface area (Å²) in [5.74, 6) is -0.406. The first-order chi connectivity index (χ1) is 7.29. The minimum Gasteiger partial charge on any atom is -0.460 e. The highest BCUT2D eigenvalue weighted by molar-refractivity contribution is 5.75. The minimum atomic E-state index is -0.706. The molecule has 0 fully saturated rings. The summed E-state index contributed by atoms with van der Waals surface area (Å²) < 4.78 is 5.18. The van der Waals surface area contributed by atoms with Gasteiger partial charge < -0.3 is 14.3 Å². The number of aldehydes is 1. The molecule has 0 unspecified atom stereocenters. The predicted molar refractivity (Wildman–Crippen MR) is 59.9 cm³/mol. The van der Waals surface area contributed by atoms with E-state index < -0.39 is 5.60 Å². The maximum atomic E-state index is 10.9. The second kappa shape index (κ2) is 6.40. The number of carbonyl (C=O) groups excluding carboxylic acids is 3. The molecule has 0 N–H and O–H groups in total. The fourth-order valence-corrected chi connectivity index (χ4v) is 1.70. The molecule has 0 aliphatic rings. The molecule has 0 saturated carbocycles. The molecule has 0 amide bonds. The van der Waals surface area contributed by atoms with Crippen LogP contribution >= 0.6 is 0 Å². The number of ether oxygens (including phenoxy) is 1. The van der Waals surface area contributed by atoms with Crippen LogP contribution in [0.4, 0.5) is 0 Å². The normalized spacial score (nSPS) is 13.0. The van der Waals surface area contributed by atoms with Crippen LogP contribution < -0.4 is 0 Å². The Balaban J connectivity index is 4.53. The number of Topliss-reactive ketones (excluding diaryl/α,β-unsaturated/α-hetero) is 1. The molecular formula is C12H20O4. The molecule has 0 aromatic rings. The standard InChI is InChI=1S/C12H20O4/c1-9(14)5-6-11(7-8-13)12(3,4)16-10(2)15/h8,11H,5-7H2,1-4H3/t11-/m0/s1. The zero-order valence-corrected chi connectivity index (χ0v) is 10.4. The Kier molecular flexibility index (Phi) is 5.93. The van der Waals surface area contributed by atoms with E-state index in [-0.39, 0.29) is 17.7 Å². The van der Waals surface area contributed by atoms with Crippen molar-refractivity contribution in [1.82, 2.24) is 0 Å². The van der Waals surface area contributed by atoms with E-state index >= 15 is 0 Å². The number of ketones is 1. The predicted octanol–water partition coefficient (Wildman–Crippen LogP) is 1.90. The largest absolute Gasteiger partial charge is 0.460 e. The number of hydrogen-bond acceptors (Lipinski definition) is 4. The first-order valence-electron chi connectivity index (χ1n) is 5.42. The van der Waals surface area contributed by atoms with E-state index in [4.69, 9.17) is 4.74 Å². The highest BCUT2D eigenvalue weighted by atomic mass is 16.6. The molecule has 0 saturated heterocycles. The van der Waals surface area contributed by atoms with E-state index in [1.807, 2.05) is 0 Å². The first-order valence-corrected chi connectivity index (χ1v) is 5.42. The quantitative estimate of drug-likeness (QED) is 0.493. The summed E-state index contributed by atoms with van der Waals surface area (Å²) in [6, 6.07) is 0. The maximum Gasteiger partial charge on any atom is 0.303 e. The van der Waals surface area contributed by atoms with E-state index in [0.29, 0.717) is 19.3 Å². The summed E-state index contributed by atoms with van der Waals surface area (Å²) in [7, 11) is 0. The third kappa shape index (κ3) is 5.63. The van der Waals surface area contributed by atoms with Crippen LogP contribution in [-0.2, 0) is 19.1 Å². The van der Waals surface area contributed by atoms with Crippen molar-refractivity contribution in [3.8, 4) is 0 Å². The fraction of sp³-hybridized carbons (Fsp3) is 0.750. The Labute approximate surface area is 96.4 Å². The highest BCUT2D eigenvalue weighted by Gasteiger charge is 2.32. The second-order valence-electron chi connectivity index (χ2n) is 4.54. The molecule has 0 aromatic carbocycles. The lowest BCUT2D eigenvalue weighted by atomic mass is 9.84. The summed E-state index contributed by atoms with van der Waals surface area (Å²) in [4.78, 5) is 32.4. The lowest BCUT2D eigenvalue weighted by Gasteiger charge is -2.32. The van der Waals surface area contributed by atoms with Gasteiger partial charge >= 0.3 is 5.97 Å². The number of esters is 1. The Hall–Kier alpha value is -1.19. The third-order valence-corrected chi connectivity index (χ3v) is 2.62. The van der Waals surface area contributed by atoms with Crippen LogP contribution in [0.15, 0.2) is 0 Å². The van der Waals surface area contributed by atoms with Crippen LogP contribution in [0.25, 0.3) is 0 Å². The number of hydrogen-bond donors (Lipinski definition) is 0. The molecule has 0 rings (SSSR count). The van der Waals surface area contributed by atoms with E-state index in [1.165, 1.54) is 13.8 Å². The molecule has 0 bridgehead atoms. The summed E-state index contributed by atoms with van der Waals surface area (Å²) in [5.41, 5.74) is -0.706. The zero-order chi connectivity index (χ0) is 12.8. The fourth-order valence-electron chi connectivity index (χ4n) is 1.70. The minimum absolute atomic E-state index is 0.0783. The summed E-state index contributed by atoms with van der Waals surface area (Å²) in [5, 5.41) is 0. The van der Waals surface area contributed by atoms with E-state index in [1.54, 1.807) is 13.8 Å². The lowest BCUT2D eigenvalue weighted by Crippen LogP contribution is -2.36. The van der Waals surface area contributed by atoms with Crippen molar-refractivity contribution in [3.63, 3.8) is 0 Å². The summed E-state index contributed by atoms with van der Waals surface area (Å²) in [6.45, 7) is 6.38. The van der Waals surface area contributed by atoms with E-state index in [2.05, 4.69) is 0 Å². The van der Waals surface area contributed by atoms with Gasteiger partial charge in [-0.15, -0.1) is 0 Å². The van der Waals surface area contributed by atoms with Crippen molar-refractivity contribution in [2.24, 2.45) is 5.92 Å². The highest BCUT2D eigenvalue weighted by Crippen LogP contribution is 2.28. The van der Waals surface area contributed by atoms with Gasteiger partial charge in [-0.05, 0) is 27.2 Å². The average Bonchev–Trinajstić information content (AvgIpc) is 2.09. The second-order valence-corrected chi connectivity index (χ2v) is 4.54. The van der Waals surface area contributed by atoms with Crippen molar-refractivity contribution in [2.75, 3.05) is 0 Å². The van der Waals surface area contributed by atoms with Gasteiger partial charge in [0.25, 0.3) is 0 Å². The van der Waals surface area contributed by atoms with Crippen LogP contribution in [0.1, 0.15) is 47.0 Å². The van der Waals surface area contributed by atoms with Crippen LogP contribution in [0.2, 0.25) is 0 Å². The lowest BCUT2D eigenvalue weighted by molar-refractivity contribution is -0.160. The van der Waals surface area contributed by atoms with Crippen LogP contribution in [0.5, 0.6) is 0 Å². The molecule has 0 heterocycles. The molecule has 1 atom stereocenters. The topological polar surface area (TPSA) is 60.4 Å². The van der Waals surface area contributed by atoms with Crippen molar-refractivity contribution >= 4 is 18.0 Å². The van der Waals surface area contributed by atoms with Gasteiger partial charge in [-0.25, -0.2) is 0 Å². The van der Waals surface area contributed by atoms with Gasteiger partial charge in [0.15, 0.2) is 0 Å². The summed E-state index contributed by atoms with van der Waals surface area (Å²) >= 11 is 0. The Bertz CT molecular complexity index is 268. The summed E-state index contributed by atoms with van der Waals surface area (Å²) in [6.07, 6.45) is 2.07. The molecule has 0 radical (unpaired) electrons. The Morgan fingerprint density at radius 3 is 2.25 bits per heavy atom. The Morgan fingerprint density at radius 2 is 1.88 bits per heavy atom. The van der Waals surface area contributed by atoms with Gasteiger partial charge in [0, 0.05) is 25.7 Å². The van der Waals surface area contributed by atoms with Crippen LogP contribution in [0.3, 0.4) is 0 Å². The molecule has 0 aromatic heterocycles. The molecular weight excluding hydrogens is 208 g/mol. The smallest absolute Gasteiger partial charge is 0.303 e. The van der Waals surface area contributed by atoms with Crippen molar-refractivity contribution < 1.29 is 19.1 Å². The van der Waals surface area contributed by atoms with Gasteiger partial charge in [0.2, 0.25) is 0 Å². The SMILES string of the molecule is CC(=O)CC[C@@H](CC=O)C(C)(C)OC(C)=O. The molecule has 0 aliphatic carbocycles. The van der Waals surface area contributed by atoms with Crippen LogP contribution in [-0.4, -0.2) is 23.6 Å². The molecule has 4 heteroatoms. The van der Waals surface area contributed by atoms with Gasteiger partial charge in [-0.1, -0.05) is 0 Å². The van der Waals surface area contributed by atoms with Gasteiger partial charge in [-0.2, -0.15) is 0 Å². The molecule has 16 heavy (non-hydrogen) atoms.